The zero-order valence-corrected chi connectivity index (χ0v) is 8.29. The fourth-order valence-electron chi connectivity index (χ4n) is 1.27. The number of rotatable bonds is 2. The standard InChI is InChI=1S/C12H12N2O/c1-2-9-4-3-5-11(8-9)14-12(15)13-10-6-7-10/h1,3-5,8,10H,6-7H2,(H2,13,14,15). The summed E-state index contributed by atoms with van der Waals surface area (Å²) in [4.78, 5) is 11.4. The number of urea groups is 1. The van der Waals surface area contributed by atoms with Crippen LogP contribution in [0.1, 0.15) is 18.4 Å². The molecule has 15 heavy (non-hydrogen) atoms. The van der Waals surface area contributed by atoms with Crippen molar-refractivity contribution in [3.8, 4) is 12.3 Å². The lowest BCUT2D eigenvalue weighted by molar-refractivity contribution is 0.251. The summed E-state index contributed by atoms with van der Waals surface area (Å²) in [6.45, 7) is 0. The lowest BCUT2D eigenvalue weighted by atomic mass is 10.2. The Hall–Kier alpha value is -1.95. The summed E-state index contributed by atoms with van der Waals surface area (Å²) in [6.07, 6.45) is 7.42. The lowest BCUT2D eigenvalue weighted by Gasteiger charge is -2.06. The van der Waals surface area contributed by atoms with E-state index in [0.717, 1.165) is 24.1 Å². The van der Waals surface area contributed by atoms with Crippen LogP contribution in [-0.2, 0) is 0 Å². The fourth-order valence-corrected chi connectivity index (χ4v) is 1.27. The molecule has 3 heteroatoms. The Morgan fingerprint density at radius 2 is 2.27 bits per heavy atom. The second-order valence-electron chi connectivity index (χ2n) is 3.60. The van der Waals surface area contributed by atoms with E-state index in [9.17, 15) is 4.79 Å². The van der Waals surface area contributed by atoms with Gasteiger partial charge >= 0.3 is 6.03 Å². The Kier molecular flexibility index (Phi) is 2.59. The predicted molar refractivity (Wildman–Crippen MR) is 59.6 cm³/mol. The number of amides is 2. The van der Waals surface area contributed by atoms with Crippen molar-refractivity contribution in [3.63, 3.8) is 0 Å². The van der Waals surface area contributed by atoms with Crippen LogP contribution in [0.2, 0.25) is 0 Å². The topological polar surface area (TPSA) is 41.1 Å². The van der Waals surface area contributed by atoms with Crippen LogP contribution >= 0.6 is 0 Å². The molecular formula is C12H12N2O. The summed E-state index contributed by atoms with van der Waals surface area (Å²) >= 11 is 0. The van der Waals surface area contributed by atoms with Crippen LogP contribution in [0.3, 0.4) is 0 Å². The van der Waals surface area contributed by atoms with Gasteiger partial charge in [-0.15, -0.1) is 6.42 Å². The molecule has 1 aliphatic carbocycles. The van der Waals surface area contributed by atoms with E-state index >= 15 is 0 Å². The van der Waals surface area contributed by atoms with E-state index < -0.39 is 0 Å². The van der Waals surface area contributed by atoms with Gasteiger partial charge < -0.3 is 10.6 Å². The van der Waals surface area contributed by atoms with Crippen LogP contribution < -0.4 is 10.6 Å². The summed E-state index contributed by atoms with van der Waals surface area (Å²) in [5.41, 5.74) is 1.49. The van der Waals surface area contributed by atoms with E-state index in [-0.39, 0.29) is 6.03 Å². The van der Waals surface area contributed by atoms with Crippen molar-refractivity contribution in [2.24, 2.45) is 0 Å². The molecule has 2 rings (SSSR count). The molecule has 3 nitrogen and oxygen atoms in total. The number of nitrogens with one attached hydrogen (secondary N) is 2. The molecule has 0 aliphatic heterocycles. The van der Waals surface area contributed by atoms with Crippen LogP contribution in [0, 0.1) is 12.3 Å². The molecule has 1 aliphatic rings. The summed E-state index contributed by atoms with van der Waals surface area (Å²) in [7, 11) is 0. The van der Waals surface area contributed by atoms with Gasteiger partial charge in [0.15, 0.2) is 0 Å². The highest BCUT2D eigenvalue weighted by molar-refractivity contribution is 5.89. The molecule has 0 heterocycles. The van der Waals surface area contributed by atoms with Gasteiger partial charge in [0, 0.05) is 17.3 Å². The summed E-state index contributed by atoms with van der Waals surface area (Å²) < 4.78 is 0. The number of terminal acetylenes is 1. The van der Waals surface area contributed by atoms with E-state index in [1.54, 1.807) is 6.07 Å². The highest BCUT2D eigenvalue weighted by atomic mass is 16.2. The highest BCUT2D eigenvalue weighted by Crippen LogP contribution is 2.18. The van der Waals surface area contributed by atoms with Crippen molar-refractivity contribution in [1.82, 2.24) is 5.32 Å². The first-order chi connectivity index (χ1) is 7.28. The molecule has 2 N–H and O–H groups in total. The van der Waals surface area contributed by atoms with Crippen molar-refractivity contribution in [1.29, 1.82) is 0 Å². The number of anilines is 1. The quantitative estimate of drug-likeness (QED) is 0.704. The minimum absolute atomic E-state index is 0.160. The Morgan fingerprint density at radius 1 is 1.47 bits per heavy atom. The molecule has 0 atom stereocenters. The van der Waals surface area contributed by atoms with Crippen LogP contribution in [0.5, 0.6) is 0 Å². The van der Waals surface area contributed by atoms with Gasteiger partial charge in [0.05, 0.1) is 0 Å². The third-order valence-electron chi connectivity index (χ3n) is 2.20. The van der Waals surface area contributed by atoms with Gasteiger partial charge in [0.1, 0.15) is 0 Å². The molecule has 1 saturated carbocycles. The lowest BCUT2D eigenvalue weighted by Crippen LogP contribution is -2.30. The van der Waals surface area contributed by atoms with Gasteiger partial charge in [-0.1, -0.05) is 12.0 Å². The molecule has 0 saturated heterocycles. The van der Waals surface area contributed by atoms with Crippen LogP contribution in [0.15, 0.2) is 24.3 Å². The Balaban J connectivity index is 1.97. The molecule has 76 valence electrons. The monoisotopic (exact) mass is 200 g/mol. The van der Waals surface area contributed by atoms with Crippen molar-refractivity contribution in [3.05, 3.63) is 29.8 Å². The molecule has 1 fully saturated rings. The molecule has 0 radical (unpaired) electrons. The molecule has 2 amide bonds. The fraction of sp³-hybridized carbons (Fsp3) is 0.250. The minimum atomic E-state index is -0.160. The zero-order valence-electron chi connectivity index (χ0n) is 8.29. The number of hydrogen-bond acceptors (Lipinski definition) is 1. The van der Waals surface area contributed by atoms with Crippen LogP contribution in [0.4, 0.5) is 10.5 Å². The second-order valence-corrected chi connectivity index (χ2v) is 3.60. The van der Waals surface area contributed by atoms with E-state index in [4.69, 9.17) is 6.42 Å². The van der Waals surface area contributed by atoms with Gasteiger partial charge in [0.2, 0.25) is 0 Å². The maximum absolute atomic E-state index is 11.4. The van der Waals surface area contributed by atoms with Crippen molar-refractivity contribution in [2.75, 3.05) is 5.32 Å². The van der Waals surface area contributed by atoms with Gasteiger partial charge in [-0.05, 0) is 31.0 Å². The number of benzene rings is 1. The van der Waals surface area contributed by atoms with Gasteiger partial charge in [-0.3, -0.25) is 0 Å². The molecule has 0 unspecified atom stereocenters. The van der Waals surface area contributed by atoms with Crippen molar-refractivity contribution < 1.29 is 4.79 Å². The maximum atomic E-state index is 11.4. The maximum Gasteiger partial charge on any atom is 0.319 e. The second kappa shape index (κ2) is 4.05. The summed E-state index contributed by atoms with van der Waals surface area (Å²) in [5, 5.41) is 5.58. The van der Waals surface area contributed by atoms with Gasteiger partial charge in [-0.2, -0.15) is 0 Å². The summed E-state index contributed by atoms with van der Waals surface area (Å²) in [6, 6.07) is 7.43. The highest BCUT2D eigenvalue weighted by Gasteiger charge is 2.23. The average molecular weight is 200 g/mol. The number of carbonyl (C=O) groups excluding carboxylic acids is 1. The molecule has 0 aromatic heterocycles. The first-order valence-electron chi connectivity index (χ1n) is 4.92. The van der Waals surface area contributed by atoms with Crippen LogP contribution in [-0.4, -0.2) is 12.1 Å². The van der Waals surface area contributed by atoms with Crippen molar-refractivity contribution in [2.45, 2.75) is 18.9 Å². The first-order valence-corrected chi connectivity index (χ1v) is 4.92. The van der Waals surface area contributed by atoms with Crippen molar-refractivity contribution >= 4 is 11.7 Å². The molecule has 0 spiro atoms. The first kappa shape index (κ1) is 9.60. The predicted octanol–water partition coefficient (Wildman–Crippen LogP) is 1.95. The smallest absolute Gasteiger partial charge is 0.319 e. The van der Waals surface area contributed by atoms with E-state index in [0.29, 0.717) is 6.04 Å². The van der Waals surface area contributed by atoms with E-state index in [1.807, 2.05) is 18.2 Å². The minimum Gasteiger partial charge on any atom is -0.335 e. The normalized spacial score (nSPS) is 14.1. The SMILES string of the molecule is C#Cc1cccc(NC(=O)NC2CC2)c1. The van der Waals surface area contributed by atoms with Gasteiger partial charge in [0.25, 0.3) is 0 Å². The number of carbonyl (C=O) groups is 1. The van der Waals surface area contributed by atoms with E-state index in [1.165, 1.54) is 0 Å². The third kappa shape index (κ3) is 2.75. The van der Waals surface area contributed by atoms with Gasteiger partial charge in [-0.25, -0.2) is 4.79 Å². The summed E-state index contributed by atoms with van der Waals surface area (Å²) in [5.74, 6) is 2.52. The van der Waals surface area contributed by atoms with Crippen LogP contribution in [0.25, 0.3) is 0 Å². The van der Waals surface area contributed by atoms with E-state index in [2.05, 4.69) is 16.6 Å². The zero-order chi connectivity index (χ0) is 10.7. The molecule has 1 aromatic rings. The molecular weight excluding hydrogens is 188 g/mol. The Labute approximate surface area is 88.9 Å². The molecule has 0 bridgehead atoms. The Morgan fingerprint density at radius 3 is 2.93 bits per heavy atom. The number of hydrogen-bond donors (Lipinski definition) is 2. The average Bonchev–Trinajstić information content (AvgIpc) is 3.02. The molecule has 1 aromatic carbocycles. The Bertz CT molecular complexity index is 416. The largest absolute Gasteiger partial charge is 0.335 e. The third-order valence-corrected chi connectivity index (χ3v) is 2.20.